The monoisotopic (exact) mass is 246 g/mol. The number of nitrogens with zero attached hydrogens (tertiary/aromatic N) is 2. The molecule has 0 bridgehead atoms. The van der Waals surface area contributed by atoms with Crippen molar-refractivity contribution in [3.05, 3.63) is 16.9 Å². The summed E-state index contributed by atoms with van der Waals surface area (Å²) in [6, 6.07) is 0. The van der Waals surface area contributed by atoms with E-state index in [0.717, 1.165) is 0 Å². The molecule has 0 radical (unpaired) electrons. The average Bonchev–Trinajstić information content (AvgIpc) is 2.70. The van der Waals surface area contributed by atoms with Gasteiger partial charge >= 0.3 is 0 Å². The molecular formula is C10H15ClN2O3. The van der Waals surface area contributed by atoms with Crippen LogP contribution in [-0.4, -0.2) is 40.8 Å². The van der Waals surface area contributed by atoms with Gasteiger partial charge in [-0.1, -0.05) is 11.6 Å². The summed E-state index contributed by atoms with van der Waals surface area (Å²) < 4.78 is 12.4. The standard InChI is InChI=1S/C10H15ClN2O3/c1-2-13-9(7(11)5-12-13)10(14)8-6-15-3-4-16-8/h5,8,10,14H,2-4,6H2,1H3. The van der Waals surface area contributed by atoms with Crippen LogP contribution in [0, 0.1) is 0 Å². The fourth-order valence-electron chi connectivity index (χ4n) is 1.78. The zero-order valence-electron chi connectivity index (χ0n) is 9.10. The zero-order valence-corrected chi connectivity index (χ0v) is 9.85. The van der Waals surface area contributed by atoms with Crippen LogP contribution in [0.5, 0.6) is 0 Å². The second-order valence-electron chi connectivity index (χ2n) is 3.62. The Balaban J connectivity index is 2.18. The number of aliphatic hydroxyl groups is 1. The van der Waals surface area contributed by atoms with Crippen molar-refractivity contribution >= 4 is 11.6 Å². The van der Waals surface area contributed by atoms with Crippen molar-refractivity contribution in [2.24, 2.45) is 0 Å². The molecule has 0 aliphatic carbocycles. The van der Waals surface area contributed by atoms with E-state index in [1.807, 2.05) is 6.92 Å². The van der Waals surface area contributed by atoms with Crippen LogP contribution in [0.1, 0.15) is 18.7 Å². The van der Waals surface area contributed by atoms with Crippen LogP contribution in [0.15, 0.2) is 6.20 Å². The Morgan fingerprint density at radius 1 is 1.69 bits per heavy atom. The molecule has 0 aromatic carbocycles. The van der Waals surface area contributed by atoms with Crippen LogP contribution in [0.25, 0.3) is 0 Å². The summed E-state index contributed by atoms with van der Waals surface area (Å²) >= 11 is 6.00. The van der Waals surface area contributed by atoms with Gasteiger partial charge in [0, 0.05) is 6.54 Å². The van der Waals surface area contributed by atoms with E-state index in [4.69, 9.17) is 21.1 Å². The normalized spacial score (nSPS) is 23.3. The Morgan fingerprint density at radius 3 is 3.12 bits per heavy atom. The van der Waals surface area contributed by atoms with Crippen molar-refractivity contribution in [3.63, 3.8) is 0 Å². The third-order valence-electron chi connectivity index (χ3n) is 2.61. The molecule has 0 spiro atoms. The first-order valence-electron chi connectivity index (χ1n) is 5.32. The summed E-state index contributed by atoms with van der Waals surface area (Å²) in [6.45, 7) is 4.06. The largest absolute Gasteiger partial charge is 0.384 e. The SMILES string of the molecule is CCn1ncc(Cl)c1C(O)C1COCCO1. The van der Waals surface area contributed by atoms with Gasteiger partial charge in [-0.2, -0.15) is 5.10 Å². The highest BCUT2D eigenvalue weighted by molar-refractivity contribution is 6.31. The molecule has 1 aliphatic heterocycles. The van der Waals surface area contributed by atoms with Crippen molar-refractivity contribution in [3.8, 4) is 0 Å². The minimum absolute atomic E-state index is 0.367. The molecule has 90 valence electrons. The molecule has 2 atom stereocenters. The summed E-state index contributed by atoms with van der Waals surface area (Å²) in [5, 5.41) is 14.7. The van der Waals surface area contributed by atoms with Gasteiger partial charge in [0.1, 0.15) is 12.2 Å². The number of aryl methyl sites for hydroxylation is 1. The third-order valence-corrected chi connectivity index (χ3v) is 2.90. The van der Waals surface area contributed by atoms with Gasteiger partial charge in [-0.15, -0.1) is 0 Å². The highest BCUT2D eigenvalue weighted by Crippen LogP contribution is 2.27. The minimum Gasteiger partial charge on any atom is -0.384 e. The van der Waals surface area contributed by atoms with E-state index >= 15 is 0 Å². The third kappa shape index (κ3) is 2.22. The maximum Gasteiger partial charge on any atom is 0.125 e. The van der Waals surface area contributed by atoms with Crippen LogP contribution in [0.4, 0.5) is 0 Å². The number of rotatable bonds is 3. The molecule has 1 aromatic heterocycles. The Bertz CT molecular complexity index is 350. The number of hydrogen-bond acceptors (Lipinski definition) is 4. The van der Waals surface area contributed by atoms with Crippen molar-refractivity contribution in [1.29, 1.82) is 0 Å². The first kappa shape index (κ1) is 11.9. The number of ether oxygens (including phenoxy) is 2. The van der Waals surface area contributed by atoms with Crippen molar-refractivity contribution in [2.75, 3.05) is 19.8 Å². The second-order valence-corrected chi connectivity index (χ2v) is 4.03. The summed E-state index contributed by atoms with van der Waals surface area (Å²) in [7, 11) is 0. The van der Waals surface area contributed by atoms with Gasteiger partial charge in [-0.3, -0.25) is 4.68 Å². The van der Waals surface area contributed by atoms with Crippen molar-refractivity contribution in [2.45, 2.75) is 25.7 Å². The van der Waals surface area contributed by atoms with E-state index in [1.165, 1.54) is 6.20 Å². The molecule has 2 rings (SSSR count). The lowest BCUT2D eigenvalue weighted by Gasteiger charge is -2.27. The molecule has 2 unspecified atom stereocenters. The van der Waals surface area contributed by atoms with Gasteiger partial charge in [-0.05, 0) is 6.92 Å². The summed E-state index contributed by atoms with van der Waals surface area (Å²) in [5.41, 5.74) is 0.597. The van der Waals surface area contributed by atoms with Gasteiger partial charge < -0.3 is 14.6 Å². The molecule has 2 heterocycles. The molecular weight excluding hydrogens is 232 g/mol. The van der Waals surface area contributed by atoms with Crippen LogP contribution >= 0.6 is 11.6 Å². The van der Waals surface area contributed by atoms with Crippen molar-refractivity contribution in [1.82, 2.24) is 9.78 Å². The number of halogens is 1. The minimum atomic E-state index is -0.796. The van der Waals surface area contributed by atoms with Crippen LogP contribution < -0.4 is 0 Å². The topological polar surface area (TPSA) is 56.5 Å². The molecule has 6 heteroatoms. The highest BCUT2D eigenvalue weighted by Gasteiger charge is 2.29. The molecule has 5 nitrogen and oxygen atoms in total. The maximum atomic E-state index is 10.2. The second kappa shape index (κ2) is 5.14. The summed E-state index contributed by atoms with van der Waals surface area (Å²) in [6.07, 6.45) is 0.372. The zero-order chi connectivity index (χ0) is 11.5. The van der Waals surface area contributed by atoms with Gasteiger partial charge in [0.2, 0.25) is 0 Å². The Labute approximate surface area is 98.9 Å². The maximum absolute atomic E-state index is 10.2. The first-order chi connectivity index (χ1) is 7.74. The van der Waals surface area contributed by atoms with Crippen LogP contribution in [0.2, 0.25) is 5.02 Å². The molecule has 0 amide bonds. The molecule has 1 aromatic rings. The van der Waals surface area contributed by atoms with Crippen molar-refractivity contribution < 1.29 is 14.6 Å². The fourth-order valence-corrected chi connectivity index (χ4v) is 2.04. The lowest BCUT2D eigenvalue weighted by atomic mass is 10.1. The molecule has 0 saturated carbocycles. The summed E-state index contributed by atoms with van der Waals surface area (Å²) in [4.78, 5) is 0. The highest BCUT2D eigenvalue weighted by atomic mass is 35.5. The predicted molar refractivity (Wildman–Crippen MR) is 58.4 cm³/mol. The van der Waals surface area contributed by atoms with Gasteiger partial charge in [0.25, 0.3) is 0 Å². The van der Waals surface area contributed by atoms with E-state index in [2.05, 4.69) is 5.10 Å². The number of aromatic nitrogens is 2. The molecule has 1 N–H and O–H groups in total. The van der Waals surface area contributed by atoms with Gasteiger partial charge in [0.15, 0.2) is 0 Å². The van der Waals surface area contributed by atoms with Gasteiger partial charge in [0.05, 0.1) is 36.7 Å². The smallest absolute Gasteiger partial charge is 0.125 e. The van der Waals surface area contributed by atoms with E-state index in [9.17, 15) is 5.11 Å². The van der Waals surface area contributed by atoms with E-state index in [1.54, 1.807) is 4.68 Å². The quantitative estimate of drug-likeness (QED) is 0.865. The lowest BCUT2D eigenvalue weighted by molar-refractivity contribution is -0.135. The Hall–Kier alpha value is -0.620. The van der Waals surface area contributed by atoms with E-state index in [-0.39, 0.29) is 6.10 Å². The first-order valence-corrected chi connectivity index (χ1v) is 5.70. The van der Waals surface area contributed by atoms with E-state index < -0.39 is 6.10 Å². The Kier molecular flexibility index (Phi) is 3.81. The molecule has 1 aliphatic rings. The number of aliphatic hydroxyl groups excluding tert-OH is 1. The Morgan fingerprint density at radius 2 is 2.50 bits per heavy atom. The fraction of sp³-hybridized carbons (Fsp3) is 0.700. The molecule has 1 fully saturated rings. The lowest BCUT2D eigenvalue weighted by Crippen LogP contribution is -2.34. The summed E-state index contributed by atoms with van der Waals surface area (Å²) in [5.74, 6) is 0. The van der Waals surface area contributed by atoms with Gasteiger partial charge in [-0.25, -0.2) is 0 Å². The van der Waals surface area contributed by atoms with E-state index in [0.29, 0.717) is 37.1 Å². The molecule has 16 heavy (non-hydrogen) atoms. The molecule has 1 saturated heterocycles. The predicted octanol–water partition coefficient (Wildman–Crippen LogP) is 1.01. The van der Waals surface area contributed by atoms with Crippen LogP contribution in [-0.2, 0) is 16.0 Å². The average molecular weight is 247 g/mol. The van der Waals surface area contributed by atoms with Crippen LogP contribution in [0.3, 0.4) is 0 Å². The number of hydrogen-bond donors (Lipinski definition) is 1.